The third-order valence-corrected chi connectivity index (χ3v) is 8.24. The van der Waals surface area contributed by atoms with E-state index in [4.69, 9.17) is 0 Å². The predicted molar refractivity (Wildman–Crippen MR) is 173 cm³/mol. The van der Waals surface area contributed by atoms with Crippen molar-refractivity contribution in [2.24, 2.45) is 0 Å². The topological polar surface area (TPSA) is 0 Å². The molecule has 0 spiro atoms. The minimum atomic E-state index is 1.23. The van der Waals surface area contributed by atoms with Crippen LogP contribution >= 0.6 is 0 Å². The van der Waals surface area contributed by atoms with Crippen molar-refractivity contribution in [3.63, 3.8) is 0 Å². The summed E-state index contributed by atoms with van der Waals surface area (Å²) in [4.78, 5) is 0. The highest BCUT2D eigenvalue weighted by molar-refractivity contribution is 6.26. The Hall–Kier alpha value is -5.20. The van der Waals surface area contributed by atoms with Crippen LogP contribution in [0.1, 0.15) is 0 Å². The average Bonchev–Trinajstić information content (AvgIpc) is 3.04. The van der Waals surface area contributed by atoms with Crippen LogP contribution in [-0.2, 0) is 0 Å². The molecule has 0 atom stereocenters. The second kappa shape index (κ2) is 9.22. The number of hydrogen-bond acceptors (Lipinski definition) is 0. The molecule has 0 saturated heterocycles. The third kappa shape index (κ3) is 3.61. The first kappa shape index (κ1) is 22.8. The molecule has 0 heterocycles. The van der Waals surface area contributed by atoms with Crippen LogP contribution in [0.4, 0.5) is 0 Å². The van der Waals surface area contributed by atoms with E-state index in [0.717, 1.165) is 0 Å². The second-order valence-electron chi connectivity index (χ2n) is 10.5. The van der Waals surface area contributed by atoms with Crippen molar-refractivity contribution >= 4 is 43.1 Å². The van der Waals surface area contributed by atoms with Crippen LogP contribution in [0.5, 0.6) is 0 Å². The van der Waals surface area contributed by atoms with Crippen molar-refractivity contribution in [1.82, 2.24) is 0 Å². The molecule has 0 N–H and O–H groups in total. The van der Waals surface area contributed by atoms with Crippen LogP contribution < -0.4 is 0 Å². The maximum Gasteiger partial charge on any atom is -0.00259 e. The van der Waals surface area contributed by atoms with E-state index in [1.165, 1.54) is 76.5 Å². The maximum absolute atomic E-state index is 2.41. The zero-order chi connectivity index (χ0) is 26.5. The lowest BCUT2D eigenvalue weighted by atomic mass is 9.86. The van der Waals surface area contributed by atoms with Gasteiger partial charge in [0.15, 0.2) is 0 Å². The highest BCUT2D eigenvalue weighted by atomic mass is 14.2. The summed E-state index contributed by atoms with van der Waals surface area (Å²) in [6.45, 7) is 0. The molecule has 0 bridgehead atoms. The van der Waals surface area contributed by atoms with E-state index < -0.39 is 0 Å². The van der Waals surface area contributed by atoms with Crippen molar-refractivity contribution in [2.45, 2.75) is 0 Å². The summed E-state index contributed by atoms with van der Waals surface area (Å²) < 4.78 is 0. The molecule has 8 rings (SSSR count). The van der Waals surface area contributed by atoms with Crippen molar-refractivity contribution in [2.75, 3.05) is 0 Å². The van der Waals surface area contributed by atoms with Gasteiger partial charge in [0, 0.05) is 0 Å². The molecule has 40 heavy (non-hydrogen) atoms. The summed E-state index contributed by atoms with van der Waals surface area (Å²) in [5, 5.41) is 10.3. The fraction of sp³-hybridized carbons (Fsp3) is 0. The first-order valence-electron chi connectivity index (χ1n) is 13.9. The first-order chi connectivity index (χ1) is 19.8. The Morgan fingerprint density at radius 1 is 0.250 bits per heavy atom. The van der Waals surface area contributed by atoms with E-state index in [0.29, 0.717) is 0 Å². The van der Waals surface area contributed by atoms with Gasteiger partial charge in [-0.2, -0.15) is 0 Å². The standard InChI is InChI=1S/C40H26/c1-2-11-27(12-3-1)28-21-23-30(24-22-28)38-25-31-26-39(33-20-10-14-29-13-4-5-15-32(29)33)35-17-7-9-19-37(35)40(31)36-18-8-6-16-34(36)38/h1-26H. The molecular weight excluding hydrogens is 480 g/mol. The van der Waals surface area contributed by atoms with E-state index >= 15 is 0 Å². The first-order valence-corrected chi connectivity index (χ1v) is 13.9. The highest BCUT2D eigenvalue weighted by Gasteiger charge is 2.15. The van der Waals surface area contributed by atoms with Crippen molar-refractivity contribution < 1.29 is 0 Å². The van der Waals surface area contributed by atoms with E-state index in [9.17, 15) is 0 Å². The van der Waals surface area contributed by atoms with E-state index in [2.05, 4.69) is 158 Å². The summed E-state index contributed by atoms with van der Waals surface area (Å²) in [6, 6.07) is 57.5. The maximum atomic E-state index is 2.41. The number of hydrogen-bond donors (Lipinski definition) is 0. The van der Waals surface area contributed by atoms with Crippen LogP contribution in [0.3, 0.4) is 0 Å². The van der Waals surface area contributed by atoms with E-state index in [-0.39, 0.29) is 0 Å². The molecule has 0 radical (unpaired) electrons. The largest absolute Gasteiger partial charge is 0.0622 e. The zero-order valence-corrected chi connectivity index (χ0v) is 22.0. The summed E-state index contributed by atoms with van der Waals surface area (Å²) in [5.41, 5.74) is 7.53. The van der Waals surface area contributed by atoms with Crippen LogP contribution in [0.25, 0.3) is 76.5 Å². The fourth-order valence-corrected chi connectivity index (χ4v) is 6.38. The average molecular weight is 507 g/mol. The van der Waals surface area contributed by atoms with Gasteiger partial charge in [0.05, 0.1) is 0 Å². The van der Waals surface area contributed by atoms with Gasteiger partial charge in [-0.3, -0.25) is 0 Å². The van der Waals surface area contributed by atoms with E-state index in [1.807, 2.05) is 0 Å². The van der Waals surface area contributed by atoms with Crippen LogP contribution in [-0.4, -0.2) is 0 Å². The van der Waals surface area contributed by atoms with Gasteiger partial charge in [0.25, 0.3) is 0 Å². The lowest BCUT2D eigenvalue weighted by Crippen LogP contribution is -1.90. The predicted octanol–water partition coefficient (Wildman–Crippen LogP) is 11.3. The molecular formula is C40H26. The molecule has 0 heteroatoms. The van der Waals surface area contributed by atoms with Crippen LogP contribution in [0.15, 0.2) is 158 Å². The van der Waals surface area contributed by atoms with Gasteiger partial charge in [-0.1, -0.05) is 146 Å². The smallest absolute Gasteiger partial charge is 0.00259 e. The summed E-state index contributed by atoms with van der Waals surface area (Å²) in [6.07, 6.45) is 0. The molecule has 0 aliphatic carbocycles. The molecule has 0 aromatic heterocycles. The van der Waals surface area contributed by atoms with Crippen molar-refractivity contribution in [3.8, 4) is 33.4 Å². The lowest BCUT2D eigenvalue weighted by Gasteiger charge is -2.17. The van der Waals surface area contributed by atoms with Gasteiger partial charge in [-0.25, -0.2) is 0 Å². The Morgan fingerprint density at radius 3 is 1.48 bits per heavy atom. The molecule has 0 aliphatic rings. The van der Waals surface area contributed by atoms with E-state index in [1.54, 1.807) is 0 Å². The molecule has 0 aliphatic heterocycles. The lowest BCUT2D eigenvalue weighted by molar-refractivity contribution is 1.61. The molecule has 0 unspecified atom stereocenters. The second-order valence-corrected chi connectivity index (χ2v) is 10.5. The quantitative estimate of drug-likeness (QED) is 0.209. The Morgan fingerprint density at radius 2 is 0.750 bits per heavy atom. The van der Waals surface area contributed by atoms with Gasteiger partial charge in [0.1, 0.15) is 0 Å². The molecule has 186 valence electrons. The number of fused-ring (bicyclic) bond motifs is 6. The van der Waals surface area contributed by atoms with Gasteiger partial charge < -0.3 is 0 Å². The van der Waals surface area contributed by atoms with Crippen molar-refractivity contribution in [1.29, 1.82) is 0 Å². The van der Waals surface area contributed by atoms with Crippen LogP contribution in [0.2, 0.25) is 0 Å². The molecule has 8 aromatic carbocycles. The van der Waals surface area contributed by atoms with Gasteiger partial charge in [-0.15, -0.1) is 0 Å². The number of rotatable bonds is 3. The van der Waals surface area contributed by atoms with Gasteiger partial charge in [0.2, 0.25) is 0 Å². The Balaban J connectivity index is 1.43. The fourth-order valence-electron chi connectivity index (χ4n) is 6.38. The molecule has 8 aromatic rings. The molecule has 0 fully saturated rings. The number of benzene rings is 8. The monoisotopic (exact) mass is 506 g/mol. The minimum Gasteiger partial charge on any atom is -0.0622 e. The Labute approximate surface area is 233 Å². The molecule has 0 nitrogen and oxygen atoms in total. The Bertz CT molecular complexity index is 2180. The Kier molecular flexibility index (Phi) is 5.24. The molecule has 0 saturated carbocycles. The van der Waals surface area contributed by atoms with Gasteiger partial charge in [-0.05, 0) is 88.6 Å². The van der Waals surface area contributed by atoms with Crippen LogP contribution in [0, 0.1) is 0 Å². The van der Waals surface area contributed by atoms with Crippen molar-refractivity contribution in [3.05, 3.63) is 158 Å². The molecule has 0 amide bonds. The highest BCUT2D eigenvalue weighted by Crippen LogP contribution is 2.43. The normalized spacial score (nSPS) is 11.5. The summed E-state index contributed by atoms with van der Waals surface area (Å²) >= 11 is 0. The minimum absolute atomic E-state index is 1.23. The SMILES string of the molecule is c1ccc(-c2ccc(-c3cc4cc(-c5cccc6ccccc56)c5ccccc5c4c4ccccc34)cc2)cc1. The summed E-state index contributed by atoms with van der Waals surface area (Å²) in [5.74, 6) is 0. The summed E-state index contributed by atoms with van der Waals surface area (Å²) in [7, 11) is 0. The third-order valence-electron chi connectivity index (χ3n) is 8.24. The van der Waals surface area contributed by atoms with Gasteiger partial charge >= 0.3 is 0 Å². The zero-order valence-electron chi connectivity index (χ0n) is 22.0.